The highest BCUT2D eigenvalue weighted by atomic mass is 16.6. The molecule has 1 aliphatic carbocycles. The number of aryl methyl sites for hydroxylation is 1. The van der Waals surface area contributed by atoms with Crippen molar-refractivity contribution in [2.24, 2.45) is 40.7 Å². The Labute approximate surface area is 733 Å². The first kappa shape index (κ1) is 101. The number of aromatic nitrogens is 8. The van der Waals surface area contributed by atoms with Crippen LogP contribution in [-0.2, 0) is 105 Å². The van der Waals surface area contributed by atoms with Gasteiger partial charge in [0.2, 0.25) is 11.7 Å². The average Bonchev–Trinajstić information content (AvgIpc) is 1.59. The van der Waals surface area contributed by atoms with Gasteiger partial charge < -0.3 is 113 Å². The van der Waals surface area contributed by atoms with E-state index in [9.17, 15) is 39.6 Å². The van der Waals surface area contributed by atoms with E-state index in [2.05, 4.69) is 48.7 Å². The minimum Gasteiger partial charge on any atom is -0.460 e. The summed E-state index contributed by atoms with van der Waals surface area (Å²) in [5.41, 5.74) is 17.5. The van der Waals surface area contributed by atoms with E-state index in [1.165, 1.54) is 18.3 Å². The number of methoxy groups -OCH3 is 3. The number of esters is 1. The number of aliphatic hydroxyl groups is 4. The Kier molecular flexibility index (Phi) is 42.6. The highest BCUT2D eigenvalue weighted by Gasteiger charge is 2.53. The number of Topliss-reactive ketones (excluding diaryl/α,β-unsaturated/α-hetero) is 1. The Balaban J connectivity index is 0.641. The molecule has 2 amide bonds. The number of benzene rings is 1. The van der Waals surface area contributed by atoms with E-state index in [1.54, 1.807) is 55.8 Å². The summed E-state index contributed by atoms with van der Waals surface area (Å²) in [4.78, 5) is 76.3. The number of anilines is 2. The van der Waals surface area contributed by atoms with Crippen LogP contribution in [0.4, 0.5) is 11.8 Å². The number of unbranched alkanes of at least 4 members (excludes halogenated alkanes) is 1. The van der Waals surface area contributed by atoms with Crippen molar-refractivity contribution in [3.63, 3.8) is 0 Å². The van der Waals surface area contributed by atoms with Gasteiger partial charge in [-0.15, -0.1) is 5.10 Å². The van der Waals surface area contributed by atoms with Gasteiger partial charge in [0.05, 0.1) is 160 Å². The molecule has 3 aliphatic heterocycles. The number of nitrogens with one attached hydrogen (secondary N) is 1. The number of fused-ring (bicyclic) bond motifs is 5. The highest BCUT2D eigenvalue weighted by molar-refractivity contribution is 6.39. The Morgan fingerprint density at radius 2 is 1.42 bits per heavy atom. The molecule has 9 rings (SSSR count). The molecule has 696 valence electrons. The summed E-state index contributed by atoms with van der Waals surface area (Å²) in [6, 6.07) is 4.42. The van der Waals surface area contributed by atoms with Crippen molar-refractivity contribution < 1.29 is 110 Å². The molecule has 4 aliphatic rings. The van der Waals surface area contributed by atoms with Crippen LogP contribution in [0.25, 0.3) is 33.4 Å². The third-order valence-corrected chi connectivity index (χ3v) is 23.6. The molecule has 1 saturated carbocycles. The number of nitrogens with zero attached hydrogens (tertiary/aromatic N) is 10. The fourth-order valence-corrected chi connectivity index (χ4v) is 16.3. The minimum atomic E-state index is -2.45. The van der Waals surface area contributed by atoms with E-state index in [4.69, 9.17) is 87.4 Å². The monoisotopic (exact) mass is 1760 g/mol. The van der Waals surface area contributed by atoms with E-state index in [-0.39, 0.29) is 80.7 Å². The maximum Gasteiger partial charge on any atom is 0.329 e. The summed E-state index contributed by atoms with van der Waals surface area (Å²) in [5, 5.41) is 69.0. The number of ether oxygens (including phenoxy) is 13. The van der Waals surface area contributed by atoms with E-state index in [1.807, 2.05) is 64.1 Å². The molecule has 0 radical (unpaired) electrons. The van der Waals surface area contributed by atoms with Crippen molar-refractivity contribution in [2.75, 3.05) is 152 Å². The lowest BCUT2D eigenvalue weighted by atomic mass is 9.78. The van der Waals surface area contributed by atoms with E-state index < -0.39 is 84.1 Å². The van der Waals surface area contributed by atoms with Crippen LogP contribution in [0.15, 0.2) is 87.9 Å². The summed E-state index contributed by atoms with van der Waals surface area (Å²) < 4.78 is 84.4. The number of aliphatic hydroxyl groups excluding tert-OH is 3. The van der Waals surface area contributed by atoms with E-state index in [0.29, 0.717) is 227 Å². The fraction of sp³-hybridized carbons (Fsp3) is 0.697. The fourth-order valence-electron chi connectivity index (χ4n) is 16.3. The summed E-state index contributed by atoms with van der Waals surface area (Å²) in [6.45, 7) is 20.9. The average molecular weight is 1760 g/mol. The van der Waals surface area contributed by atoms with Crippen LogP contribution in [0.3, 0.4) is 0 Å². The second kappa shape index (κ2) is 53.0. The molecule has 0 spiro atoms. The minimum absolute atomic E-state index is 0.00538. The third kappa shape index (κ3) is 31.4. The topological polar surface area (TPSA) is 458 Å². The number of ketones is 1. The Morgan fingerprint density at radius 1 is 0.736 bits per heavy atom. The van der Waals surface area contributed by atoms with Gasteiger partial charge in [0.25, 0.3) is 17.7 Å². The molecule has 2 saturated heterocycles. The zero-order chi connectivity index (χ0) is 89.6. The molecule has 1 aromatic carbocycles. The number of piperidine rings is 1. The van der Waals surface area contributed by atoms with Crippen molar-refractivity contribution in [3.8, 4) is 11.3 Å². The number of oxime groups is 1. The lowest BCUT2D eigenvalue weighted by Crippen LogP contribution is -2.61. The van der Waals surface area contributed by atoms with Crippen molar-refractivity contribution in [1.29, 1.82) is 0 Å². The number of carbonyl (C=O) groups is 4. The molecule has 36 nitrogen and oxygen atoms in total. The highest BCUT2D eigenvalue weighted by Crippen LogP contribution is 2.39. The molecule has 125 heavy (non-hydrogen) atoms. The number of nitrogen functional groups attached to an aromatic ring is 2. The zero-order valence-electron chi connectivity index (χ0n) is 74.6. The number of rotatable bonds is 42. The van der Waals surface area contributed by atoms with Gasteiger partial charge in [0.1, 0.15) is 53.4 Å². The molecule has 36 heteroatoms. The number of oxazole rings is 1. The summed E-state index contributed by atoms with van der Waals surface area (Å²) in [6.07, 6.45) is 15.6. The molecule has 4 aromatic heterocycles. The van der Waals surface area contributed by atoms with Gasteiger partial charge in [0.15, 0.2) is 17.8 Å². The number of amides is 2. The van der Waals surface area contributed by atoms with Crippen LogP contribution in [0.5, 0.6) is 0 Å². The number of nitrogens with two attached hydrogens (primary N) is 2. The maximum atomic E-state index is 14.7. The Bertz CT molecular complexity index is 4250. The molecule has 3 fully saturated rings. The SMILES string of the molecule is CO[C@H]1C[C@@H]2CC[C@@H](C)[C@@](O)(O2)C(=O)C(=O)N2CCCC[C@H]2C(=O)O[C@H]([C@H](C)C[C@@H]2CC[C@@H](O)[C@H](OC)C2)C[C@@H](O)[C@H](C)/C=C(\C)[C@@H](O)[C@@H](OC)C(=NOCc2cn(CCOCCOCCOCCOCCOCCOCCOCCOCCC(=O)NCCCCn3nc(-c4ccc5oc(N)nc5c4)c4c(N)ncnc43)nn2)[C@H](C)C[C@H](C)/C=C/C=C/C=C/1C. The second-order valence-electron chi connectivity index (χ2n) is 33.1. The molecule has 2 bridgehead atoms. The molecule has 16 atom stereocenters. The van der Waals surface area contributed by atoms with Gasteiger partial charge in [-0.05, 0) is 138 Å². The number of allylic oxidation sites excluding steroid dienone is 5. The summed E-state index contributed by atoms with van der Waals surface area (Å²) in [5.74, 6) is -6.94. The molecular weight excluding hydrogens is 1620 g/mol. The largest absolute Gasteiger partial charge is 0.460 e. The van der Waals surface area contributed by atoms with Crippen molar-refractivity contribution in [2.45, 2.75) is 225 Å². The van der Waals surface area contributed by atoms with Crippen LogP contribution < -0.4 is 16.8 Å². The quantitative estimate of drug-likeness (QED) is 0.00644. The standard InChI is InChI=1S/C89H137N13O23/c1-58-18-12-11-13-19-59(2)74(111-8)53-68-24-21-64(7)89(110,125-68)83(107)86(108)101-29-16-14-20-70(101)87(109)123-75(61(4)50-65-22-25-71(103)76(51-65)112-9)54-72(104)60(3)49-63(6)81(106)82(113-10)79(62(5)48-58)98-122-56-67-55-100(99-96-67)31-33-115-35-37-117-39-41-119-43-45-121-47-46-120-44-42-118-40-38-116-36-34-114-32-27-77(105)92-28-15-17-30-102-85-78(84(90)93-57-94-85)80(97-102)66-23-26-73-69(52-66)95-88(91)124-73/h11-13,18-19,23,26,49,52,55,57-58,60-62,64-65,68,70-72,74-76,81-82,103-104,106,110H,14-17,20-22,24-25,27-48,50-51,53-54,56H2,1-10H3,(H2,91,95)(H,92,105)(H2,90,93,94)/b13-11+,18-12+,59-19+,63-49+,98-79?/t58-,60-,61-,62-,64-,65+,68+,70+,71-,72-,74+,75+,76-,81-,82+,89-/m1/s1. The van der Waals surface area contributed by atoms with Crippen LogP contribution in [0.1, 0.15) is 150 Å². The van der Waals surface area contributed by atoms with E-state index >= 15 is 0 Å². The second-order valence-corrected chi connectivity index (χ2v) is 33.1. The summed E-state index contributed by atoms with van der Waals surface area (Å²) in [7, 11) is 4.66. The molecule has 5 aromatic rings. The molecular formula is C89H137N13O23. The first-order chi connectivity index (χ1) is 60.4. The van der Waals surface area contributed by atoms with Gasteiger partial charge in [-0.2, -0.15) is 10.1 Å². The first-order valence-electron chi connectivity index (χ1n) is 44.3. The molecule has 7 heterocycles. The van der Waals surface area contributed by atoms with E-state index in [0.717, 1.165) is 30.4 Å². The Hall–Kier alpha value is -8.15. The van der Waals surface area contributed by atoms with Gasteiger partial charge >= 0.3 is 5.97 Å². The number of hydrogen-bond donors (Lipinski definition) is 7. The lowest BCUT2D eigenvalue weighted by molar-refractivity contribution is -0.265. The van der Waals surface area contributed by atoms with Crippen LogP contribution in [0.2, 0.25) is 0 Å². The van der Waals surface area contributed by atoms with Crippen LogP contribution in [0, 0.1) is 35.5 Å². The number of cyclic esters (lactones) is 1. The smallest absolute Gasteiger partial charge is 0.329 e. The number of hydrogen-bond acceptors (Lipinski definition) is 32. The zero-order valence-corrected chi connectivity index (χ0v) is 74.6. The Morgan fingerprint density at radius 3 is 2.09 bits per heavy atom. The first-order valence-corrected chi connectivity index (χ1v) is 44.3. The number of carbonyl (C=O) groups excluding carboxylic acids is 4. The maximum absolute atomic E-state index is 14.7. The lowest BCUT2D eigenvalue weighted by Gasteiger charge is -2.43. The van der Waals surface area contributed by atoms with Crippen molar-refractivity contribution in [1.82, 2.24) is 49.9 Å². The van der Waals surface area contributed by atoms with Crippen LogP contribution >= 0.6 is 0 Å². The normalized spacial score (nSPS) is 27.6. The predicted molar refractivity (Wildman–Crippen MR) is 464 cm³/mol. The van der Waals surface area contributed by atoms with Gasteiger partial charge in [0, 0.05) is 83.5 Å². The molecule has 0 unspecified atom stereocenters. The molecule has 9 N–H and O–H groups in total. The third-order valence-electron chi connectivity index (χ3n) is 23.6. The van der Waals surface area contributed by atoms with Gasteiger partial charge in [-0.25, -0.2) is 24.1 Å². The van der Waals surface area contributed by atoms with Gasteiger partial charge in [-0.3, -0.25) is 14.4 Å². The summed E-state index contributed by atoms with van der Waals surface area (Å²) >= 11 is 0. The van der Waals surface area contributed by atoms with Gasteiger partial charge in [-0.1, -0.05) is 81.4 Å². The van der Waals surface area contributed by atoms with Crippen LogP contribution in [-0.4, -0.2) is 295 Å². The predicted octanol–water partition coefficient (Wildman–Crippen LogP) is 7.80. The van der Waals surface area contributed by atoms with Crippen molar-refractivity contribution in [3.05, 3.63) is 84.0 Å². The van der Waals surface area contributed by atoms with Crippen molar-refractivity contribution >= 4 is 63.2 Å².